The van der Waals surface area contributed by atoms with E-state index in [9.17, 15) is 4.39 Å². The number of thiophene rings is 2. The normalized spacial score (nSPS) is 12.3. The van der Waals surface area contributed by atoms with E-state index in [0.717, 1.165) is 9.75 Å². The van der Waals surface area contributed by atoms with Gasteiger partial charge in [-0.1, -0.05) is 0 Å². The van der Waals surface area contributed by atoms with Crippen molar-refractivity contribution in [1.29, 1.82) is 0 Å². The molecule has 0 nitrogen and oxygen atoms in total. The van der Waals surface area contributed by atoms with E-state index in [1.165, 1.54) is 5.79 Å². The zero-order valence-electron chi connectivity index (χ0n) is 12.9. The summed E-state index contributed by atoms with van der Waals surface area (Å²) >= 11 is -0.767. The first kappa shape index (κ1) is 20.1. The summed E-state index contributed by atoms with van der Waals surface area (Å²) in [7, 11) is 0. The Labute approximate surface area is 163 Å². The molecule has 107 valence electrons. The van der Waals surface area contributed by atoms with Crippen LogP contribution in [0.1, 0.15) is 0 Å². The van der Waals surface area contributed by atoms with Gasteiger partial charge in [-0.05, 0) is 0 Å². The molecule has 0 N–H and O–H groups in total. The molecule has 6 heteroatoms. The van der Waals surface area contributed by atoms with Gasteiger partial charge in [-0.25, -0.2) is 0 Å². The summed E-state index contributed by atoms with van der Waals surface area (Å²) in [5.41, 5.74) is 0. The van der Waals surface area contributed by atoms with Crippen molar-refractivity contribution in [3.63, 3.8) is 0 Å². The number of rotatable bonds is 3. The van der Waals surface area contributed by atoms with Gasteiger partial charge in [0.05, 0.1) is 0 Å². The second-order valence-corrected chi connectivity index (χ2v) is 39.8. The molecule has 0 aliphatic carbocycles. The molecular formula is C14H20FS2Sn2Y-. The first-order chi connectivity index (χ1) is 8.59. The third-order valence-electron chi connectivity index (χ3n) is 2.92. The molecule has 0 atom stereocenters. The van der Waals surface area contributed by atoms with Gasteiger partial charge in [0.25, 0.3) is 0 Å². The van der Waals surface area contributed by atoms with E-state index in [1.807, 2.05) is 0 Å². The minimum absolute atomic E-state index is 0. The zero-order valence-corrected chi connectivity index (χ0v) is 23.1. The molecule has 0 saturated carbocycles. The van der Waals surface area contributed by atoms with Crippen molar-refractivity contribution < 1.29 is 37.1 Å². The van der Waals surface area contributed by atoms with Crippen LogP contribution >= 0.6 is 22.7 Å². The molecule has 20 heavy (non-hydrogen) atoms. The Kier molecular flexibility index (Phi) is 7.31. The van der Waals surface area contributed by atoms with E-state index in [0.29, 0.717) is 0 Å². The van der Waals surface area contributed by atoms with Crippen LogP contribution in [0.4, 0.5) is 4.39 Å². The van der Waals surface area contributed by atoms with Crippen LogP contribution in [0.2, 0.25) is 29.6 Å². The summed E-state index contributed by atoms with van der Waals surface area (Å²) in [4.78, 5) is 16.0. The molecular weight excluding hydrogens is 578 g/mol. The summed E-state index contributed by atoms with van der Waals surface area (Å²) in [6, 6.07) is 7.19. The number of hydrogen-bond donors (Lipinski definition) is 0. The van der Waals surface area contributed by atoms with E-state index in [-0.39, 0.29) is 38.5 Å². The van der Waals surface area contributed by atoms with Gasteiger partial charge in [0.2, 0.25) is 0 Å². The molecule has 0 bridgehead atoms. The minimum Gasteiger partial charge on any atom is 0 e. The molecule has 0 unspecified atom stereocenters. The predicted octanol–water partition coefficient (Wildman–Crippen LogP) is 4.50. The first-order valence-corrected chi connectivity index (χ1v) is 28.0. The Hall–Kier alpha value is 2.03. The number of hydrogen-bond acceptors (Lipinski definition) is 2. The van der Waals surface area contributed by atoms with Crippen LogP contribution in [0.15, 0.2) is 12.1 Å². The van der Waals surface area contributed by atoms with Crippen LogP contribution in [0, 0.1) is 11.9 Å². The summed E-state index contributed by atoms with van der Waals surface area (Å²) < 4.78 is 17.0. The molecule has 0 saturated heterocycles. The Morgan fingerprint density at radius 3 is 1.90 bits per heavy atom. The molecule has 2 aromatic rings. The van der Waals surface area contributed by atoms with Gasteiger partial charge in [0.15, 0.2) is 0 Å². The largest absolute Gasteiger partial charge is 0 e. The maximum Gasteiger partial charge on any atom is 0 e. The zero-order chi connectivity index (χ0) is 14.4. The van der Waals surface area contributed by atoms with Crippen LogP contribution in [-0.2, 0) is 32.7 Å². The maximum atomic E-state index is 14.2. The van der Waals surface area contributed by atoms with Gasteiger partial charge in [-0.15, -0.1) is 0 Å². The van der Waals surface area contributed by atoms with Crippen molar-refractivity contribution in [2.45, 2.75) is 29.6 Å². The maximum absolute atomic E-state index is 14.2. The van der Waals surface area contributed by atoms with Crippen molar-refractivity contribution in [1.82, 2.24) is 0 Å². The van der Waals surface area contributed by atoms with Gasteiger partial charge >= 0.3 is 133 Å². The van der Waals surface area contributed by atoms with E-state index in [1.54, 1.807) is 28.7 Å². The van der Waals surface area contributed by atoms with Gasteiger partial charge in [0, 0.05) is 32.7 Å². The van der Waals surface area contributed by atoms with Crippen LogP contribution in [0.3, 0.4) is 0 Å². The standard InChI is InChI=1S/C8H2FS2.6CH3.2Sn.Y/c9-6-3-5-11-8(6)7-2-1-4-10-7;;;;;;;;;/h1,3H;6*1H3;;;/q-1;;;;;;;;;. The molecule has 0 fully saturated rings. The van der Waals surface area contributed by atoms with Crippen LogP contribution in [0.25, 0.3) is 9.75 Å². The average Bonchev–Trinajstić information content (AvgIpc) is 2.80. The number of halogens is 1. The average molecular weight is 598 g/mol. The molecule has 0 spiro atoms. The quantitative estimate of drug-likeness (QED) is 0.361. The smallest absolute Gasteiger partial charge is 0 e. The van der Waals surface area contributed by atoms with Crippen molar-refractivity contribution in [2.24, 2.45) is 0 Å². The van der Waals surface area contributed by atoms with Crippen molar-refractivity contribution in [2.75, 3.05) is 0 Å². The van der Waals surface area contributed by atoms with Crippen molar-refractivity contribution >= 4 is 65.2 Å². The Bertz CT molecular complexity index is 591. The third kappa shape index (κ3) is 4.76. The van der Waals surface area contributed by atoms with Crippen LogP contribution < -0.4 is 5.79 Å². The van der Waals surface area contributed by atoms with E-state index in [4.69, 9.17) is 0 Å². The fourth-order valence-corrected chi connectivity index (χ4v) is 13.9. The summed E-state index contributed by atoms with van der Waals surface area (Å²) in [5.74, 6) is -0.0413. The van der Waals surface area contributed by atoms with Gasteiger partial charge < -0.3 is 0 Å². The second-order valence-electron chi connectivity index (χ2n) is 6.87. The van der Waals surface area contributed by atoms with Crippen LogP contribution in [0.5, 0.6) is 0 Å². The summed E-state index contributed by atoms with van der Waals surface area (Å²) in [6.45, 7) is 0. The SMILES string of the molecule is [CH3][Sn]([CH3])([CH3])[c]1c[c-]c(-c2s[c]([Sn]([CH3])([CH3])[CH3])cc2F)s1.[Y]. The van der Waals surface area contributed by atoms with Gasteiger partial charge in [-0.3, -0.25) is 0 Å². The second kappa shape index (κ2) is 7.29. The fourth-order valence-electron chi connectivity index (χ4n) is 1.67. The molecule has 1 radical (unpaired) electrons. The van der Waals surface area contributed by atoms with E-state index >= 15 is 0 Å². The minimum atomic E-state index is -2.16. The molecule has 0 amide bonds. The Morgan fingerprint density at radius 2 is 1.50 bits per heavy atom. The Balaban J connectivity index is 0.00000200. The fraction of sp³-hybridized carbons (Fsp3) is 0.429. The predicted molar refractivity (Wildman–Crippen MR) is 92.4 cm³/mol. The molecule has 2 heterocycles. The summed E-state index contributed by atoms with van der Waals surface area (Å²) in [6.07, 6.45) is 0. The van der Waals surface area contributed by atoms with Crippen molar-refractivity contribution in [3.8, 4) is 9.75 Å². The molecule has 0 aromatic carbocycles. The van der Waals surface area contributed by atoms with Gasteiger partial charge in [-0.2, -0.15) is 0 Å². The summed E-state index contributed by atoms with van der Waals surface area (Å²) in [5, 5.41) is 0. The van der Waals surface area contributed by atoms with Crippen LogP contribution in [-0.4, -0.2) is 36.8 Å². The van der Waals surface area contributed by atoms with E-state index in [2.05, 4.69) is 41.8 Å². The van der Waals surface area contributed by atoms with Crippen molar-refractivity contribution in [3.05, 3.63) is 24.0 Å². The Morgan fingerprint density at radius 1 is 0.950 bits per heavy atom. The molecule has 0 aliphatic heterocycles. The first-order valence-electron chi connectivity index (χ1n) is 6.41. The molecule has 0 aliphatic rings. The molecule has 2 rings (SSSR count). The van der Waals surface area contributed by atoms with E-state index < -0.39 is 36.8 Å². The molecule has 2 aromatic heterocycles. The third-order valence-corrected chi connectivity index (χ3v) is 24.1. The van der Waals surface area contributed by atoms with Gasteiger partial charge in [0.1, 0.15) is 0 Å². The monoisotopic (exact) mass is 600 g/mol. The topological polar surface area (TPSA) is 0 Å².